The molecule has 10 nitrogen and oxygen atoms in total. The first-order valence-electron chi connectivity index (χ1n) is 7.97. The summed E-state index contributed by atoms with van der Waals surface area (Å²) in [7, 11) is 2.45. The van der Waals surface area contributed by atoms with Gasteiger partial charge in [0, 0.05) is 20.3 Å². The number of halogens is 3. The highest BCUT2D eigenvalue weighted by atomic mass is 19.4. The van der Waals surface area contributed by atoms with Crippen LogP contribution in [0.5, 0.6) is 0 Å². The Bertz CT molecular complexity index is 741. The minimum Gasteiger partial charge on any atom is -0.463 e. The molecule has 0 spiro atoms. The molecule has 1 rings (SSSR count). The van der Waals surface area contributed by atoms with E-state index in [0.29, 0.717) is 5.06 Å². The molecule has 0 aromatic carbocycles. The highest BCUT2D eigenvalue weighted by Gasteiger charge is 2.39. The van der Waals surface area contributed by atoms with Crippen LogP contribution in [-0.2, 0) is 22.9 Å². The van der Waals surface area contributed by atoms with Gasteiger partial charge < -0.3 is 15.7 Å². The van der Waals surface area contributed by atoms with Gasteiger partial charge in [0.25, 0.3) is 5.91 Å². The summed E-state index contributed by atoms with van der Waals surface area (Å²) in [5, 5.41) is 17.3. The van der Waals surface area contributed by atoms with Crippen molar-refractivity contribution in [3.05, 3.63) is 17.5 Å². The number of carbonyl (C=O) groups excluding carboxylic acids is 2. The van der Waals surface area contributed by atoms with Gasteiger partial charge in [-0.2, -0.15) is 23.3 Å². The SMILES string of the molecule is CNC(=O)[C@H](CON(C(=O)O)C(C)(C)C)NC(=O)c1cn(C)nc1C(F)(F)F. The van der Waals surface area contributed by atoms with Gasteiger partial charge in [-0.3, -0.25) is 19.1 Å². The lowest BCUT2D eigenvalue weighted by Gasteiger charge is -2.32. The lowest BCUT2D eigenvalue weighted by atomic mass is 10.1. The van der Waals surface area contributed by atoms with E-state index in [2.05, 4.69) is 15.7 Å². The first-order valence-corrected chi connectivity index (χ1v) is 7.97. The third-order valence-corrected chi connectivity index (χ3v) is 3.36. The number of nitrogens with zero attached hydrogens (tertiary/aromatic N) is 3. The predicted octanol–water partition coefficient (Wildman–Crippen LogP) is 0.993. The van der Waals surface area contributed by atoms with Crippen LogP contribution in [0.25, 0.3) is 0 Å². The second-order valence-corrected chi connectivity index (χ2v) is 6.75. The van der Waals surface area contributed by atoms with Crippen molar-refractivity contribution in [2.45, 2.75) is 38.5 Å². The molecule has 0 aliphatic carbocycles. The Hall–Kier alpha value is -2.83. The molecule has 0 radical (unpaired) electrons. The number of amides is 3. The Morgan fingerprint density at radius 3 is 2.32 bits per heavy atom. The van der Waals surface area contributed by atoms with Gasteiger partial charge in [0.15, 0.2) is 5.69 Å². The Morgan fingerprint density at radius 2 is 1.89 bits per heavy atom. The maximum absolute atomic E-state index is 13.0. The molecule has 1 aromatic rings. The van der Waals surface area contributed by atoms with E-state index < -0.39 is 53.5 Å². The first-order chi connectivity index (χ1) is 12.7. The first kappa shape index (κ1) is 23.2. The Balaban J connectivity index is 3.04. The minimum atomic E-state index is -4.88. The number of aromatic nitrogens is 2. The van der Waals surface area contributed by atoms with Crippen LogP contribution in [0.1, 0.15) is 36.8 Å². The summed E-state index contributed by atoms with van der Waals surface area (Å²) in [6.07, 6.45) is -5.46. The molecule has 0 unspecified atom stereocenters. The average Bonchev–Trinajstić information content (AvgIpc) is 2.93. The van der Waals surface area contributed by atoms with Crippen molar-refractivity contribution in [3.63, 3.8) is 0 Å². The van der Waals surface area contributed by atoms with Crippen molar-refractivity contribution in [1.29, 1.82) is 0 Å². The average molecular weight is 409 g/mol. The molecule has 0 saturated carbocycles. The predicted molar refractivity (Wildman–Crippen MR) is 89.1 cm³/mol. The summed E-state index contributed by atoms with van der Waals surface area (Å²) < 4.78 is 39.9. The summed E-state index contributed by atoms with van der Waals surface area (Å²) in [5.41, 5.74) is -3.18. The van der Waals surface area contributed by atoms with Crippen LogP contribution >= 0.6 is 0 Å². The number of carboxylic acid groups (broad SMARTS) is 1. The summed E-state index contributed by atoms with van der Waals surface area (Å²) in [6.45, 7) is 3.95. The number of carbonyl (C=O) groups is 3. The zero-order valence-electron chi connectivity index (χ0n) is 15.9. The maximum Gasteiger partial charge on any atom is 0.435 e. The molecule has 0 aliphatic heterocycles. The van der Waals surface area contributed by atoms with Crippen LogP contribution in [0.2, 0.25) is 0 Å². The van der Waals surface area contributed by atoms with E-state index in [-0.39, 0.29) is 0 Å². The topological polar surface area (TPSA) is 126 Å². The molecule has 13 heteroatoms. The van der Waals surface area contributed by atoms with Crippen LogP contribution in [0.3, 0.4) is 0 Å². The number of nitrogens with one attached hydrogen (secondary N) is 2. The van der Waals surface area contributed by atoms with Crippen LogP contribution in [0.4, 0.5) is 18.0 Å². The normalized spacial score (nSPS) is 13.0. The molecule has 1 atom stereocenters. The number of hydroxylamine groups is 2. The zero-order chi connectivity index (χ0) is 21.9. The second kappa shape index (κ2) is 8.46. The number of likely N-dealkylation sites (N-methyl/N-ethyl adjacent to an activating group) is 1. The van der Waals surface area contributed by atoms with E-state index >= 15 is 0 Å². The summed E-state index contributed by atoms with van der Waals surface area (Å²) in [4.78, 5) is 40.7. The van der Waals surface area contributed by atoms with Crippen LogP contribution < -0.4 is 10.6 Å². The molecule has 1 heterocycles. The Morgan fingerprint density at radius 1 is 1.32 bits per heavy atom. The van der Waals surface area contributed by atoms with Gasteiger partial charge in [-0.15, -0.1) is 0 Å². The largest absolute Gasteiger partial charge is 0.463 e. The quantitative estimate of drug-likeness (QED) is 0.602. The fourth-order valence-electron chi connectivity index (χ4n) is 2.14. The van der Waals surface area contributed by atoms with Gasteiger partial charge in [0.1, 0.15) is 12.6 Å². The summed E-state index contributed by atoms with van der Waals surface area (Å²) in [5.74, 6) is -2.00. The summed E-state index contributed by atoms with van der Waals surface area (Å²) in [6, 6.07) is -1.46. The van der Waals surface area contributed by atoms with Crippen molar-refractivity contribution >= 4 is 17.9 Å². The molecular weight excluding hydrogens is 387 g/mol. The second-order valence-electron chi connectivity index (χ2n) is 6.75. The van der Waals surface area contributed by atoms with Crippen molar-refractivity contribution in [2.24, 2.45) is 7.05 Å². The lowest BCUT2D eigenvalue weighted by molar-refractivity contribution is -0.184. The molecule has 0 bridgehead atoms. The van der Waals surface area contributed by atoms with E-state index in [4.69, 9.17) is 4.84 Å². The number of hydrogen-bond acceptors (Lipinski definition) is 5. The number of hydrogen-bond donors (Lipinski definition) is 3. The highest BCUT2D eigenvalue weighted by Crippen LogP contribution is 2.30. The summed E-state index contributed by atoms with van der Waals surface area (Å²) >= 11 is 0. The molecule has 1 aromatic heterocycles. The number of aryl methyl sites for hydroxylation is 1. The van der Waals surface area contributed by atoms with Crippen molar-refractivity contribution in [3.8, 4) is 0 Å². The van der Waals surface area contributed by atoms with Gasteiger partial charge in [-0.05, 0) is 20.8 Å². The molecule has 158 valence electrons. The fourth-order valence-corrected chi connectivity index (χ4v) is 2.14. The third-order valence-electron chi connectivity index (χ3n) is 3.36. The monoisotopic (exact) mass is 409 g/mol. The van der Waals surface area contributed by atoms with Crippen molar-refractivity contribution in [2.75, 3.05) is 13.7 Å². The van der Waals surface area contributed by atoms with Crippen LogP contribution in [-0.4, -0.2) is 63.1 Å². The van der Waals surface area contributed by atoms with E-state index in [0.717, 1.165) is 10.9 Å². The molecule has 0 aliphatic rings. The number of alkyl halides is 3. The maximum atomic E-state index is 13.0. The fraction of sp³-hybridized carbons (Fsp3) is 0.600. The molecular formula is C15H22F3N5O5. The molecule has 0 fully saturated rings. The molecule has 3 N–H and O–H groups in total. The third kappa shape index (κ3) is 5.84. The smallest absolute Gasteiger partial charge is 0.435 e. The highest BCUT2D eigenvalue weighted by molar-refractivity contribution is 5.98. The number of rotatable bonds is 6. The van der Waals surface area contributed by atoms with Gasteiger partial charge in [0.05, 0.1) is 11.1 Å². The van der Waals surface area contributed by atoms with Gasteiger partial charge in [-0.25, -0.2) is 4.79 Å². The Kier molecular flexibility index (Phi) is 7.01. The van der Waals surface area contributed by atoms with E-state index in [1.807, 2.05) is 0 Å². The van der Waals surface area contributed by atoms with E-state index in [9.17, 15) is 32.7 Å². The van der Waals surface area contributed by atoms with Gasteiger partial charge in [-0.1, -0.05) is 0 Å². The minimum absolute atomic E-state index is 0.570. The molecule has 0 saturated heterocycles. The van der Waals surface area contributed by atoms with Gasteiger partial charge >= 0.3 is 12.3 Å². The Labute approximate surface area is 158 Å². The van der Waals surface area contributed by atoms with Crippen molar-refractivity contribution in [1.82, 2.24) is 25.5 Å². The van der Waals surface area contributed by atoms with E-state index in [1.54, 1.807) is 0 Å². The molecule has 28 heavy (non-hydrogen) atoms. The standard InChI is InChI=1S/C15H22F3N5O5/c1-14(2,3)23(13(26)27)28-7-9(12(25)19-4)20-11(24)8-6-22(5)21-10(8)15(16,17)18/h6,9H,7H2,1-5H3,(H,19,25)(H,20,24)(H,26,27)/t9-/m0/s1. The lowest BCUT2D eigenvalue weighted by Crippen LogP contribution is -2.52. The zero-order valence-corrected chi connectivity index (χ0v) is 15.9. The van der Waals surface area contributed by atoms with Crippen LogP contribution in [0, 0.1) is 0 Å². The van der Waals surface area contributed by atoms with Crippen molar-refractivity contribution < 1.29 is 37.5 Å². The van der Waals surface area contributed by atoms with Crippen LogP contribution in [0.15, 0.2) is 6.20 Å². The van der Waals surface area contributed by atoms with Gasteiger partial charge in [0.2, 0.25) is 5.91 Å². The molecule has 3 amide bonds. The van der Waals surface area contributed by atoms with E-state index in [1.165, 1.54) is 34.9 Å².